The highest BCUT2D eigenvalue weighted by molar-refractivity contribution is 7.99. The Bertz CT molecular complexity index is 314. The molecule has 1 rings (SSSR count). The van der Waals surface area contributed by atoms with E-state index in [4.69, 9.17) is 4.52 Å². The third-order valence-electron chi connectivity index (χ3n) is 2.28. The zero-order valence-corrected chi connectivity index (χ0v) is 12.0. The van der Waals surface area contributed by atoms with Crippen molar-refractivity contribution in [2.75, 3.05) is 6.54 Å². The fourth-order valence-corrected chi connectivity index (χ4v) is 2.00. The molecule has 0 saturated heterocycles. The molecule has 1 atom stereocenters. The van der Waals surface area contributed by atoms with Crippen LogP contribution in [-0.4, -0.2) is 28.0 Å². The zero-order chi connectivity index (χ0) is 12.7. The van der Waals surface area contributed by atoms with Gasteiger partial charge in [-0.2, -0.15) is 16.7 Å². The van der Waals surface area contributed by atoms with E-state index in [1.807, 2.05) is 11.8 Å². The first kappa shape index (κ1) is 14.5. The van der Waals surface area contributed by atoms with Crippen molar-refractivity contribution in [3.05, 3.63) is 11.7 Å². The maximum absolute atomic E-state index is 5.23. The lowest BCUT2D eigenvalue weighted by molar-refractivity contribution is 0.358. The Balaban J connectivity index is 2.34. The Morgan fingerprint density at radius 1 is 1.35 bits per heavy atom. The summed E-state index contributed by atoms with van der Waals surface area (Å²) in [6, 6.07) is 0.390. The van der Waals surface area contributed by atoms with Gasteiger partial charge in [0.25, 0.3) is 0 Å². The van der Waals surface area contributed by atoms with E-state index in [-0.39, 0.29) is 0 Å². The van der Waals surface area contributed by atoms with Crippen LogP contribution in [0.3, 0.4) is 0 Å². The number of aromatic nitrogens is 2. The van der Waals surface area contributed by atoms with Gasteiger partial charge in [0, 0.05) is 12.5 Å². The summed E-state index contributed by atoms with van der Waals surface area (Å²) in [5.74, 6) is 2.37. The van der Waals surface area contributed by atoms with Crippen LogP contribution in [0, 0.1) is 0 Å². The van der Waals surface area contributed by atoms with Gasteiger partial charge < -0.3 is 9.84 Å². The van der Waals surface area contributed by atoms with Crippen molar-refractivity contribution in [2.24, 2.45) is 0 Å². The predicted molar refractivity (Wildman–Crippen MR) is 72.2 cm³/mol. The van der Waals surface area contributed by atoms with Crippen molar-refractivity contribution in [3.63, 3.8) is 0 Å². The van der Waals surface area contributed by atoms with E-state index in [1.165, 1.54) is 0 Å². The van der Waals surface area contributed by atoms with Crippen LogP contribution in [0.4, 0.5) is 0 Å². The predicted octanol–water partition coefficient (Wildman–Crippen LogP) is 2.64. The molecule has 0 aliphatic heterocycles. The molecule has 1 N–H and O–H groups in total. The largest absolute Gasteiger partial charge is 0.339 e. The topological polar surface area (TPSA) is 51.0 Å². The molecule has 0 saturated carbocycles. The van der Waals surface area contributed by atoms with Gasteiger partial charge in [0.2, 0.25) is 5.89 Å². The van der Waals surface area contributed by atoms with Crippen LogP contribution in [0.2, 0.25) is 0 Å². The molecule has 1 aromatic heterocycles. The molecule has 0 fully saturated rings. The van der Waals surface area contributed by atoms with Gasteiger partial charge in [0.15, 0.2) is 5.82 Å². The maximum Gasteiger partial charge on any atom is 0.228 e. The van der Waals surface area contributed by atoms with E-state index in [2.05, 4.69) is 43.2 Å². The Morgan fingerprint density at radius 2 is 2.12 bits per heavy atom. The highest BCUT2D eigenvalue weighted by Gasteiger charge is 2.10. The lowest BCUT2D eigenvalue weighted by atomic mass is 10.2. The van der Waals surface area contributed by atoms with Crippen molar-refractivity contribution in [2.45, 2.75) is 57.6 Å². The van der Waals surface area contributed by atoms with Crippen LogP contribution in [0.5, 0.6) is 0 Å². The lowest BCUT2D eigenvalue weighted by Crippen LogP contribution is -2.28. The Labute approximate surface area is 108 Å². The summed E-state index contributed by atoms with van der Waals surface area (Å²) in [5.41, 5.74) is 0. The molecule has 1 heterocycles. The minimum atomic E-state index is 0.390. The average molecular weight is 257 g/mol. The number of thioether (sulfide) groups is 1. The SMILES string of the molecule is CCCNC(C)Cc1nc(CSC(C)C)no1. The third kappa shape index (κ3) is 6.07. The van der Waals surface area contributed by atoms with E-state index in [0.29, 0.717) is 11.3 Å². The standard InChI is InChI=1S/C12H23N3OS/c1-5-6-13-10(4)7-12-14-11(15-16-12)8-17-9(2)3/h9-10,13H,5-8H2,1-4H3. The lowest BCUT2D eigenvalue weighted by Gasteiger charge is -2.09. The average Bonchev–Trinajstić information content (AvgIpc) is 2.71. The molecule has 98 valence electrons. The second kappa shape index (κ2) is 7.71. The van der Waals surface area contributed by atoms with Crippen molar-refractivity contribution in [3.8, 4) is 0 Å². The molecule has 0 spiro atoms. The monoisotopic (exact) mass is 257 g/mol. The van der Waals surface area contributed by atoms with Crippen LogP contribution < -0.4 is 5.32 Å². The minimum absolute atomic E-state index is 0.390. The van der Waals surface area contributed by atoms with Gasteiger partial charge in [-0.15, -0.1) is 0 Å². The summed E-state index contributed by atoms with van der Waals surface area (Å²) < 4.78 is 5.23. The first-order valence-electron chi connectivity index (χ1n) is 6.28. The van der Waals surface area contributed by atoms with Gasteiger partial charge in [-0.1, -0.05) is 25.9 Å². The second-order valence-electron chi connectivity index (χ2n) is 4.52. The summed E-state index contributed by atoms with van der Waals surface area (Å²) in [7, 11) is 0. The molecule has 0 aliphatic carbocycles. The molecule has 1 unspecified atom stereocenters. The summed E-state index contributed by atoms with van der Waals surface area (Å²) in [6.07, 6.45) is 1.95. The molecule has 17 heavy (non-hydrogen) atoms. The molecular formula is C12H23N3OS. The van der Waals surface area contributed by atoms with Gasteiger partial charge >= 0.3 is 0 Å². The molecule has 0 aromatic carbocycles. The van der Waals surface area contributed by atoms with E-state index in [0.717, 1.165) is 36.9 Å². The quantitative estimate of drug-likeness (QED) is 0.776. The van der Waals surface area contributed by atoms with Gasteiger partial charge in [-0.25, -0.2) is 0 Å². The van der Waals surface area contributed by atoms with E-state index >= 15 is 0 Å². The van der Waals surface area contributed by atoms with Crippen molar-refractivity contribution >= 4 is 11.8 Å². The summed E-state index contributed by atoms with van der Waals surface area (Å²) >= 11 is 1.83. The van der Waals surface area contributed by atoms with Crippen LogP contribution in [0.25, 0.3) is 0 Å². The zero-order valence-electron chi connectivity index (χ0n) is 11.2. The molecule has 5 heteroatoms. The Morgan fingerprint density at radius 3 is 2.76 bits per heavy atom. The highest BCUT2D eigenvalue weighted by Crippen LogP contribution is 2.15. The van der Waals surface area contributed by atoms with Crippen LogP contribution in [-0.2, 0) is 12.2 Å². The van der Waals surface area contributed by atoms with Crippen LogP contribution in [0.1, 0.15) is 45.8 Å². The molecular weight excluding hydrogens is 234 g/mol. The fraction of sp³-hybridized carbons (Fsp3) is 0.833. The van der Waals surface area contributed by atoms with Gasteiger partial charge in [0.05, 0.1) is 5.75 Å². The molecule has 0 aliphatic rings. The van der Waals surface area contributed by atoms with E-state index in [9.17, 15) is 0 Å². The van der Waals surface area contributed by atoms with Crippen LogP contribution >= 0.6 is 11.8 Å². The molecule has 0 amide bonds. The number of nitrogens with one attached hydrogen (secondary N) is 1. The van der Waals surface area contributed by atoms with Crippen LogP contribution in [0.15, 0.2) is 4.52 Å². The van der Waals surface area contributed by atoms with Crippen molar-refractivity contribution in [1.29, 1.82) is 0 Å². The number of rotatable bonds is 8. The van der Waals surface area contributed by atoms with Gasteiger partial charge in [-0.05, 0) is 25.1 Å². The first-order valence-corrected chi connectivity index (χ1v) is 7.33. The third-order valence-corrected chi connectivity index (χ3v) is 3.37. The molecule has 1 aromatic rings. The summed E-state index contributed by atoms with van der Waals surface area (Å²) in [6.45, 7) is 9.67. The summed E-state index contributed by atoms with van der Waals surface area (Å²) in [4.78, 5) is 4.39. The second-order valence-corrected chi connectivity index (χ2v) is 6.09. The Hall–Kier alpha value is -0.550. The molecule has 0 radical (unpaired) electrons. The number of hydrogen-bond acceptors (Lipinski definition) is 5. The van der Waals surface area contributed by atoms with Gasteiger partial charge in [0.1, 0.15) is 0 Å². The van der Waals surface area contributed by atoms with E-state index in [1.54, 1.807) is 0 Å². The summed E-state index contributed by atoms with van der Waals surface area (Å²) in [5, 5.41) is 7.99. The van der Waals surface area contributed by atoms with Crippen molar-refractivity contribution < 1.29 is 4.52 Å². The van der Waals surface area contributed by atoms with E-state index < -0.39 is 0 Å². The molecule has 0 bridgehead atoms. The maximum atomic E-state index is 5.23. The van der Waals surface area contributed by atoms with Crippen molar-refractivity contribution in [1.82, 2.24) is 15.5 Å². The fourth-order valence-electron chi connectivity index (χ4n) is 1.40. The Kier molecular flexibility index (Phi) is 6.58. The highest BCUT2D eigenvalue weighted by atomic mass is 32.2. The molecule has 4 nitrogen and oxygen atoms in total. The normalized spacial score (nSPS) is 13.2. The number of hydrogen-bond donors (Lipinski definition) is 1. The van der Waals surface area contributed by atoms with Gasteiger partial charge in [-0.3, -0.25) is 0 Å². The minimum Gasteiger partial charge on any atom is -0.339 e. The first-order chi connectivity index (χ1) is 8.11. The number of nitrogens with zero attached hydrogens (tertiary/aromatic N) is 2. The smallest absolute Gasteiger partial charge is 0.228 e.